The van der Waals surface area contributed by atoms with Crippen molar-refractivity contribution in [3.05, 3.63) is 106 Å². The van der Waals surface area contributed by atoms with Gasteiger partial charge in [-0.1, -0.05) is 102 Å². The van der Waals surface area contributed by atoms with Crippen LogP contribution in [0.5, 0.6) is 0 Å². The van der Waals surface area contributed by atoms with E-state index in [-0.39, 0.29) is 61.5 Å². The largest absolute Gasteiger partial charge is 0.325 e. The van der Waals surface area contributed by atoms with Crippen molar-refractivity contribution in [2.45, 2.75) is 236 Å². The lowest BCUT2D eigenvalue weighted by atomic mass is 9.83. The average molecular weight is 983 g/mol. The topological polar surface area (TPSA) is 116 Å². The van der Waals surface area contributed by atoms with Gasteiger partial charge >= 0.3 is 0 Å². The molecule has 0 spiro atoms. The number of anilines is 4. The SMILES string of the molecule is C=C1Cc2c(ncnc2C(C)(C)C)N1C(C)(C)C.CC(C)(C)c1cccc2c1CC(=O)N2C(C)(C)C.CC(C)(C)c1ccnc2c1CC(=O)N2C(C)(C)C.CC(C)(C)c1ccnc2c1CC(=O)N2C(C)(C)C. The summed E-state index contributed by atoms with van der Waals surface area (Å²) in [6.07, 6.45) is 7.67. The van der Waals surface area contributed by atoms with Crippen molar-refractivity contribution in [2.75, 3.05) is 19.6 Å². The predicted molar refractivity (Wildman–Crippen MR) is 300 cm³/mol. The molecule has 0 N–H and O–H groups in total. The Balaban J connectivity index is 0.000000178. The second-order valence-electron chi connectivity index (χ2n) is 28.1. The molecule has 1 aromatic carbocycles. The van der Waals surface area contributed by atoms with E-state index in [9.17, 15) is 14.4 Å². The summed E-state index contributed by atoms with van der Waals surface area (Å²) in [5.41, 5.74) is 11.4. The number of hydrogen-bond donors (Lipinski definition) is 0. The number of hydrogen-bond acceptors (Lipinski definition) is 8. The zero-order chi connectivity index (χ0) is 54.9. The van der Waals surface area contributed by atoms with Crippen LogP contribution in [0.1, 0.15) is 211 Å². The van der Waals surface area contributed by atoms with Gasteiger partial charge in [0, 0.05) is 74.5 Å². The molecule has 0 radical (unpaired) electrons. The molecule has 392 valence electrons. The van der Waals surface area contributed by atoms with Gasteiger partial charge in [0.15, 0.2) is 0 Å². The van der Waals surface area contributed by atoms with Gasteiger partial charge in [0.1, 0.15) is 23.8 Å². The van der Waals surface area contributed by atoms with Crippen LogP contribution in [0.4, 0.5) is 23.1 Å². The fourth-order valence-electron chi connectivity index (χ4n) is 10.6. The van der Waals surface area contributed by atoms with Crippen LogP contribution in [0.25, 0.3) is 0 Å². The van der Waals surface area contributed by atoms with Gasteiger partial charge in [-0.25, -0.2) is 19.9 Å². The summed E-state index contributed by atoms with van der Waals surface area (Å²) in [6.45, 7) is 55.5. The molecule has 3 aromatic heterocycles. The number of rotatable bonds is 0. The smallest absolute Gasteiger partial charge is 0.233 e. The average Bonchev–Trinajstić information content (AvgIpc) is 3.93. The lowest BCUT2D eigenvalue weighted by Gasteiger charge is -2.34. The number of allylic oxidation sites excluding steroid dienone is 1. The molecule has 4 aliphatic rings. The fourth-order valence-corrected chi connectivity index (χ4v) is 10.6. The highest BCUT2D eigenvalue weighted by molar-refractivity contribution is 6.04. The molecule has 4 aliphatic heterocycles. The zero-order valence-electron chi connectivity index (χ0n) is 49.0. The highest BCUT2D eigenvalue weighted by Crippen LogP contribution is 2.43. The van der Waals surface area contributed by atoms with Crippen molar-refractivity contribution in [1.82, 2.24) is 19.9 Å². The summed E-state index contributed by atoms with van der Waals surface area (Å²) in [7, 11) is 0. The maximum absolute atomic E-state index is 12.3. The third-order valence-corrected chi connectivity index (χ3v) is 13.3. The van der Waals surface area contributed by atoms with Gasteiger partial charge < -0.3 is 9.80 Å². The Morgan fingerprint density at radius 1 is 0.389 bits per heavy atom. The molecule has 3 amide bonds. The summed E-state index contributed by atoms with van der Waals surface area (Å²) < 4.78 is 0. The predicted octanol–water partition coefficient (Wildman–Crippen LogP) is 13.3. The Labute approximate surface area is 434 Å². The molecule has 0 unspecified atom stereocenters. The third-order valence-electron chi connectivity index (χ3n) is 13.3. The van der Waals surface area contributed by atoms with Crippen LogP contribution in [0.15, 0.2) is 61.3 Å². The molecular formula is C61H90N8O3. The second kappa shape index (κ2) is 19.4. The van der Waals surface area contributed by atoms with Crippen LogP contribution < -0.4 is 19.6 Å². The molecule has 7 heterocycles. The number of carbonyl (C=O) groups is 3. The zero-order valence-corrected chi connectivity index (χ0v) is 49.0. The van der Waals surface area contributed by atoms with Crippen molar-refractivity contribution in [3.63, 3.8) is 0 Å². The Morgan fingerprint density at radius 3 is 1.12 bits per heavy atom. The summed E-state index contributed by atoms with van der Waals surface area (Å²) in [4.78, 5) is 62.5. The van der Waals surface area contributed by atoms with Crippen LogP contribution >= 0.6 is 0 Å². The maximum Gasteiger partial charge on any atom is 0.233 e. The van der Waals surface area contributed by atoms with Crippen molar-refractivity contribution in [1.29, 1.82) is 0 Å². The first-order valence-electron chi connectivity index (χ1n) is 25.9. The van der Waals surface area contributed by atoms with Crippen molar-refractivity contribution in [3.8, 4) is 0 Å². The molecule has 11 heteroatoms. The first-order valence-corrected chi connectivity index (χ1v) is 25.9. The van der Waals surface area contributed by atoms with E-state index in [1.165, 1.54) is 27.8 Å². The van der Waals surface area contributed by atoms with Crippen LogP contribution in [-0.2, 0) is 61.7 Å². The van der Waals surface area contributed by atoms with Gasteiger partial charge in [-0.3, -0.25) is 24.2 Å². The van der Waals surface area contributed by atoms with Crippen LogP contribution in [0, 0.1) is 0 Å². The van der Waals surface area contributed by atoms with Crippen LogP contribution in [-0.4, -0.2) is 59.8 Å². The highest BCUT2D eigenvalue weighted by atomic mass is 16.2. The van der Waals surface area contributed by atoms with E-state index in [1.54, 1.807) is 6.33 Å². The minimum atomic E-state index is -0.216. The monoisotopic (exact) mass is 983 g/mol. The van der Waals surface area contributed by atoms with Crippen LogP contribution in [0.3, 0.4) is 0 Å². The summed E-state index contributed by atoms with van der Waals surface area (Å²) in [5, 5.41) is 0. The molecule has 11 nitrogen and oxygen atoms in total. The van der Waals surface area contributed by atoms with Gasteiger partial charge in [0.2, 0.25) is 17.7 Å². The van der Waals surface area contributed by atoms with Gasteiger partial charge in [0.05, 0.1) is 25.0 Å². The molecule has 8 rings (SSSR count). The van der Waals surface area contributed by atoms with Crippen molar-refractivity contribution in [2.24, 2.45) is 0 Å². The number of amides is 3. The number of carbonyl (C=O) groups excluding carboxylic acids is 3. The quantitative estimate of drug-likeness (QED) is 0.171. The summed E-state index contributed by atoms with van der Waals surface area (Å²) in [6, 6.07) is 10.4. The van der Waals surface area contributed by atoms with Gasteiger partial charge in [-0.2, -0.15) is 0 Å². The first-order chi connectivity index (χ1) is 32.5. The van der Waals surface area contributed by atoms with E-state index in [0.717, 1.165) is 52.1 Å². The fraction of sp³-hybridized carbons (Fsp3) is 0.590. The minimum Gasteiger partial charge on any atom is -0.325 e. The van der Waals surface area contributed by atoms with E-state index < -0.39 is 0 Å². The van der Waals surface area contributed by atoms with Gasteiger partial charge in [-0.05, 0) is 140 Å². The number of nitrogens with zero attached hydrogens (tertiary/aromatic N) is 8. The summed E-state index contributed by atoms with van der Waals surface area (Å²) >= 11 is 0. The van der Waals surface area contributed by atoms with Crippen molar-refractivity contribution < 1.29 is 14.4 Å². The van der Waals surface area contributed by atoms with Gasteiger partial charge in [-0.15, -0.1) is 0 Å². The molecule has 0 fully saturated rings. The van der Waals surface area contributed by atoms with Crippen LogP contribution in [0.2, 0.25) is 0 Å². The standard InChI is InChI=1S/C16H23NO.C15H23N3.2C15H22N2O/c1-15(2,3)12-8-7-9-13-11(12)10-14(18)17(13)16(4,5)6;1-10-8-11-12(14(2,3)4)16-9-17-13(11)18(10)15(5,6)7;2*1-14(2,3)11-7-8-16-13-10(11)9-12(18)17(13)15(4,5)6/h7-9H,10H2,1-6H3;9H,1,8H2,2-7H3;2*7-8H,9H2,1-6H3. The molecular weight excluding hydrogens is 893 g/mol. The van der Waals surface area contributed by atoms with E-state index in [1.807, 2.05) is 80.8 Å². The normalized spacial score (nSPS) is 16.1. The lowest BCUT2D eigenvalue weighted by molar-refractivity contribution is -0.119. The van der Waals surface area contributed by atoms with Crippen molar-refractivity contribution >= 4 is 40.9 Å². The molecule has 4 aromatic rings. The molecule has 72 heavy (non-hydrogen) atoms. The number of aromatic nitrogens is 4. The number of benzene rings is 1. The highest BCUT2D eigenvalue weighted by Gasteiger charge is 2.42. The molecule has 0 atom stereocenters. The van der Waals surface area contributed by atoms with E-state index in [2.05, 4.69) is 174 Å². The van der Waals surface area contributed by atoms with E-state index in [0.29, 0.717) is 19.3 Å². The van der Waals surface area contributed by atoms with E-state index in [4.69, 9.17) is 0 Å². The minimum absolute atomic E-state index is 0.00579. The lowest BCUT2D eigenvalue weighted by Crippen LogP contribution is -2.44. The Kier molecular flexibility index (Phi) is 15.5. The third kappa shape index (κ3) is 12.1. The maximum atomic E-state index is 12.3. The Hall–Kier alpha value is -5.45. The second-order valence-corrected chi connectivity index (χ2v) is 28.1. The molecule has 0 saturated carbocycles. The molecule has 0 bridgehead atoms. The first kappa shape index (κ1) is 57.5. The number of fused-ring (bicyclic) bond motifs is 4. The summed E-state index contributed by atoms with van der Waals surface area (Å²) in [5.74, 6) is 3.25. The molecule has 0 saturated heterocycles. The Morgan fingerprint density at radius 2 is 0.750 bits per heavy atom. The number of pyridine rings is 2. The van der Waals surface area contributed by atoms with E-state index >= 15 is 0 Å². The van der Waals surface area contributed by atoms with Gasteiger partial charge in [0.25, 0.3) is 0 Å². The molecule has 0 aliphatic carbocycles. The Bertz CT molecular complexity index is 2340.